The van der Waals surface area contributed by atoms with Crippen LogP contribution in [-0.4, -0.2) is 50.1 Å². The minimum atomic E-state index is -3.53. The van der Waals surface area contributed by atoms with Gasteiger partial charge >= 0.3 is 0 Å². The molecule has 7 heteroatoms. The van der Waals surface area contributed by atoms with Crippen LogP contribution in [0, 0.1) is 0 Å². The minimum Gasteiger partial charge on any atom is -0.378 e. The molecule has 2 heterocycles. The van der Waals surface area contributed by atoms with E-state index in [2.05, 4.69) is 10.3 Å². The summed E-state index contributed by atoms with van der Waals surface area (Å²) in [5, 5.41) is 3.28. The van der Waals surface area contributed by atoms with Crippen molar-refractivity contribution in [1.82, 2.24) is 14.6 Å². The van der Waals surface area contributed by atoms with Crippen LogP contribution in [0.3, 0.4) is 0 Å². The number of nitrogens with zero attached hydrogens (tertiary/aromatic N) is 2. The smallest absolute Gasteiger partial charge is 0.260 e. The largest absolute Gasteiger partial charge is 0.378 e. The lowest BCUT2D eigenvalue weighted by atomic mass is 10.3. The summed E-state index contributed by atoms with van der Waals surface area (Å²) >= 11 is 0. The molecule has 1 unspecified atom stereocenters. The van der Waals surface area contributed by atoms with Crippen molar-refractivity contribution >= 4 is 10.0 Å². The Hall–Kier alpha value is -1.02. The third-order valence-corrected chi connectivity index (χ3v) is 5.19. The highest BCUT2D eigenvalue weighted by molar-refractivity contribution is 7.89. The molecule has 1 aliphatic rings. The second-order valence-electron chi connectivity index (χ2n) is 4.82. The molecule has 0 bridgehead atoms. The minimum absolute atomic E-state index is 0.103. The number of hydrogen-bond donors (Lipinski definition) is 1. The maximum absolute atomic E-state index is 12.5. The summed E-state index contributed by atoms with van der Waals surface area (Å²) in [6.07, 6.45) is 1.61. The van der Waals surface area contributed by atoms with E-state index in [0.29, 0.717) is 26.3 Å². The summed E-state index contributed by atoms with van der Waals surface area (Å²) < 4.78 is 31.8. The Morgan fingerprint density at radius 1 is 1.50 bits per heavy atom. The lowest BCUT2D eigenvalue weighted by Crippen LogP contribution is -2.47. The van der Waals surface area contributed by atoms with Gasteiger partial charge < -0.3 is 10.1 Å². The molecule has 1 N–H and O–H groups in total. The number of nitrogens with one attached hydrogen (secondary N) is 1. The van der Waals surface area contributed by atoms with E-state index in [1.165, 1.54) is 4.31 Å². The van der Waals surface area contributed by atoms with E-state index in [9.17, 15) is 8.42 Å². The third-order valence-electron chi connectivity index (χ3n) is 3.26. The van der Waals surface area contributed by atoms with E-state index in [-0.39, 0.29) is 11.1 Å². The Balaban J connectivity index is 2.16. The molecule has 6 nitrogen and oxygen atoms in total. The molecule has 0 radical (unpaired) electrons. The van der Waals surface area contributed by atoms with Gasteiger partial charge in [-0.3, -0.25) is 0 Å². The average Bonchev–Trinajstić information content (AvgIpc) is 2.46. The van der Waals surface area contributed by atoms with Gasteiger partial charge in [0.05, 0.1) is 13.2 Å². The average molecular weight is 299 g/mol. The van der Waals surface area contributed by atoms with E-state index in [1.807, 2.05) is 13.8 Å². The first kappa shape index (κ1) is 15.4. The first-order valence-electron chi connectivity index (χ1n) is 6.81. The maximum atomic E-state index is 12.5. The third kappa shape index (κ3) is 3.35. The maximum Gasteiger partial charge on any atom is 0.260 e. The summed E-state index contributed by atoms with van der Waals surface area (Å²) in [5.74, 6) is 0. The first-order chi connectivity index (χ1) is 9.55. The van der Waals surface area contributed by atoms with Gasteiger partial charge in [0.2, 0.25) is 0 Å². The standard InChI is InChI=1S/C13H21N3O3S/c1-3-14-8-12-4-5-13(15-9-12)20(17,18)16-6-7-19-10-11(16)2/h4-5,9,11,14H,3,6-8,10H2,1-2H3. The first-order valence-corrected chi connectivity index (χ1v) is 8.25. The molecule has 1 fully saturated rings. The molecule has 1 aromatic rings. The van der Waals surface area contributed by atoms with Crippen molar-refractivity contribution in [1.29, 1.82) is 0 Å². The number of ether oxygens (including phenoxy) is 1. The topological polar surface area (TPSA) is 71.5 Å². The highest BCUT2D eigenvalue weighted by atomic mass is 32.2. The summed E-state index contributed by atoms with van der Waals surface area (Å²) in [4.78, 5) is 4.10. The van der Waals surface area contributed by atoms with Crippen molar-refractivity contribution < 1.29 is 13.2 Å². The van der Waals surface area contributed by atoms with Crippen molar-refractivity contribution in [2.24, 2.45) is 0 Å². The Kier molecular flexibility index (Phi) is 5.09. The summed E-state index contributed by atoms with van der Waals surface area (Å²) in [7, 11) is -3.53. The van der Waals surface area contributed by atoms with Crippen molar-refractivity contribution in [2.75, 3.05) is 26.3 Å². The van der Waals surface area contributed by atoms with Crippen molar-refractivity contribution in [3.8, 4) is 0 Å². The molecule has 1 aliphatic heterocycles. The van der Waals surface area contributed by atoms with Gasteiger partial charge in [0.25, 0.3) is 10.0 Å². The van der Waals surface area contributed by atoms with Crippen LogP contribution in [0.1, 0.15) is 19.4 Å². The molecule has 20 heavy (non-hydrogen) atoms. The van der Waals surface area contributed by atoms with Gasteiger partial charge in [-0.1, -0.05) is 13.0 Å². The molecule has 0 aliphatic carbocycles. The van der Waals surface area contributed by atoms with Crippen LogP contribution in [-0.2, 0) is 21.3 Å². The van der Waals surface area contributed by atoms with Crippen LogP contribution in [0.2, 0.25) is 0 Å². The van der Waals surface area contributed by atoms with Crippen LogP contribution in [0.4, 0.5) is 0 Å². The highest BCUT2D eigenvalue weighted by Crippen LogP contribution is 2.18. The summed E-state index contributed by atoms with van der Waals surface area (Å²) in [6.45, 7) is 6.66. The van der Waals surface area contributed by atoms with Gasteiger partial charge in [-0.25, -0.2) is 13.4 Å². The Labute approximate surface area is 120 Å². The quantitative estimate of drug-likeness (QED) is 0.862. The van der Waals surface area contributed by atoms with E-state index in [4.69, 9.17) is 4.74 Å². The Morgan fingerprint density at radius 3 is 2.90 bits per heavy atom. The lowest BCUT2D eigenvalue weighted by Gasteiger charge is -2.31. The molecular formula is C13H21N3O3S. The molecule has 1 atom stereocenters. The fourth-order valence-corrected chi connectivity index (χ4v) is 3.64. The summed E-state index contributed by atoms with van der Waals surface area (Å²) in [6, 6.07) is 3.22. The molecule has 0 spiro atoms. The number of sulfonamides is 1. The molecule has 0 aromatic carbocycles. The van der Waals surface area contributed by atoms with Crippen molar-refractivity contribution in [3.05, 3.63) is 23.9 Å². The van der Waals surface area contributed by atoms with E-state index < -0.39 is 10.0 Å². The number of rotatable bonds is 5. The van der Waals surface area contributed by atoms with Gasteiger partial charge in [-0.05, 0) is 25.1 Å². The molecule has 0 amide bonds. The van der Waals surface area contributed by atoms with Gasteiger partial charge in [-0.15, -0.1) is 0 Å². The Bertz CT molecular complexity index is 530. The predicted octanol–water partition coefficient (Wildman–Crippen LogP) is 0.600. The molecular weight excluding hydrogens is 278 g/mol. The zero-order valence-electron chi connectivity index (χ0n) is 11.9. The van der Waals surface area contributed by atoms with Gasteiger partial charge in [-0.2, -0.15) is 4.31 Å². The number of aromatic nitrogens is 1. The molecule has 112 valence electrons. The zero-order chi connectivity index (χ0) is 14.6. The fourth-order valence-electron chi connectivity index (χ4n) is 2.13. The SMILES string of the molecule is CCNCc1ccc(S(=O)(=O)N2CCOCC2C)nc1. The molecule has 1 saturated heterocycles. The molecule has 2 rings (SSSR count). The second-order valence-corrected chi connectivity index (χ2v) is 6.66. The zero-order valence-corrected chi connectivity index (χ0v) is 12.7. The van der Waals surface area contributed by atoms with Crippen molar-refractivity contribution in [3.63, 3.8) is 0 Å². The van der Waals surface area contributed by atoms with Crippen LogP contribution >= 0.6 is 0 Å². The van der Waals surface area contributed by atoms with E-state index in [1.54, 1.807) is 18.3 Å². The summed E-state index contributed by atoms with van der Waals surface area (Å²) in [5.41, 5.74) is 0.973. The van der Waals surface area contributed by atoms with Crippen LogP contribution < -0.4 is 5.32 Å². The van der Waals surface area contributed by atoms with Gasteiger partial charge in [0, 0.05) is 25.3 Å². The van der Waals surface area contributed by atoms with Crippen LogP contribution in [0.25, 0.3) is 0 Å². The number of pyridine rings is 1. The van der Waals surface area contributed by atoms with Gasteiger partial charge in [0.1, 0.15) is 0 Å². The number of hydrogen-bond acceptors (Lipinski definition) is 5. The lowest BCUT2D eigenvalue weighted by molar-refractivity contribution is 0.0391. The van der Waals surface area contributed by atoms with E-state index in [0.717, 1.165) is 12.1 Å². The van der Waals surface area contributed by atoms with Crippen LogP contribution in [0.15, 0.2) is 23.4 Å². The molecule has 0 saturated carbocycles. The Morgan fingerprint density at radius 2 is 2.30 bits per heavy atom. The van der Waals surface area contributed by atoms with Crippen molar-refractivity contribution in [2.45, 2.75) is 31.5 Å². The highest BCUT2D eigenvalue weighted by Gasteiger charge is 2.32. The normalized spacial score (nSPS) is 21.0. The predicted molar refractivity (Wildman–Crippen MR) is 75.8 cm³/mol. The van der Waals surface area contributed by atoms with E-state index >= 15 is 0 Å². The molecule has 1 aromatic heterocycles. The van der Waals surface area contributed by atoms with Crippen LogP contribution in [0.5, 0.6) is 0 Å². The second kappa shape index (κ2) is 6.62. The monoisotopic (exact) mass is 299 g/mol. The number of morpholine rings is 1. The fraction of sp³-hybridized carbons (Fsp3) is 0.615. The van der Waals surface area contributed by atoms with Gasteiger partial charge in [0.15, 0.2) is 5.03 Å².